The molecule has 2 nitrogen and oxygen atoms in total. The molecule has 2 aliphatic rings. The van der Waals surface area contributed by atoms with Crippen LogP contribution in [0.1, 0.15) is 39.0 Å². The Morgan fingerprint density at radius 1 is 1.07 bits per heavy atom. The molecule has 0 radical (unpaired) electrons. The minimum Gasteiger partial charge on any atom is -0.314 e. The van der Waals surface area contributed by atoms with Crippen LogP contribution in [0.2, 0.25) is 0 Å². The molecule has 2 rings (SSSR count). The van der Waals surface area contributed by atoms with Gasteiger partial charge in [0.05, 0.1) is 0 Å². The van der Waals surface area contributed by atoms with Crippen LogP contribution in [0.4, 0.5) is 0 Å². The van der Waals surface area contributed by atoms with Crippen LogP contribution in [-0.4, -0.2) is 37.6 Å². The fraction of sp³-hybridized carbons (Fsp3) is 1.00. The lowest BCUT2D eigenvalue weighted by molar-refractivity contribution is 0.111. The average Bonchev–Trinajstić information content (AvgIpc) is 2.19. The Morgan fingerprint density at radius 3 is 2.36 bits per heavy atom. The van der Waals surface area contributed by atoms with Crippen molar-refractivity contribution < 1.29 is 0 Å². The second kappa shape index (κ2) is 4.63. The topological polar surface area (TPSA) is 15.3 Å². The summed E-state index contributed by atoms with van der Waals surface area (Å²) in [6.45, 7) is 8.74. The van der Waals surface area contributed by atoms with E-state index in [0.717, 1.165) is 0 Å². The minimum absolute atomic E-state index is 0.635. The van der Waals surface area contributed by atoms with Crippen molar-refractivity contribution in [2.75, 3.05) is 32.7 Å². The maximum absolute atomic E-state index is 3.42. The first-order valence-electron chi connectivity index (χ1n) is 6.22. The Morgan fingerprint density at radius 2 is 1.71 bits per heavy atom. The molecule has 0 amide bonds. The first-order valence-corrected chi connectivity index (χ1v) is 6.22. The quantitative estimate of drug-likeness (QED) is 0.725. The summed E-state index contributed by atoms with van der Waals surface area (Å²) in [6, 6.07) is 0. The highest BCUT2D eigenvalue weighted by atomic mass is 15.2. The zero-order chi connectivity index (χ0) is 9.86. The van der Waals surface area contributed by atoms with Gasteiger partial charge in [-0.05, 0) is 18.3 Å². The lowest BCUT2D eigenvalue weighted by Crippen LogP contribution is -2.47. The molecule has 0 aromatic heterocycles. The van der Waals surface area contributed by atoms with E-state index >= 15 is 0 Å². The molecular weight excluding hydrogens is 172 g/mol. The molecule has 0 bridgehead atoms. The van der Waals surface area contributed by atoms with E-state index in [1.807, 2.05) is 0 Å². The predicted molar refractivity (Wildman–Crippen MR) is 60.5 cm³/mol. The molecule has 0 spiro atoms. The molecule has 0 unspecified atom stereocenters. The molecule has 2 fully saturated rings. The van der Waals surface area contributed by atoms with Crippen LogP contribution in [0.3, 0.4) is 0 Å². The number of hydrogen-bond acceptors (Lipinski definition) is 2. The summed E-state index contributed by atoms with van der Waals surface area (Å²) in [7, 11) is 0. The first-order chi connectivity index (χ1) is 6.79. The number of piperazine rings is 1. The van der Waals surface area contributed by atoms with Crippen LogP contribution in [0, 0.1) is 5.41 Å². The number of nitrogens with one attached hydrogen (secondary N) is 1. The van der Waals surface area contributed by atoms with Gasteiger partial charge in [-0.3, -0.25) is 0 Å². The highest BCUT2D eigenvalue weighted by Crippen LogP contribution is 2.36. The highest BCUT2D eigenvalue weighted by Gasteiger charge is 2.29. The van der Waals surface area contributed by atoms with Gasteiger partial charge in [0, 0.05) is 32.7 Å². The first kappa shape index (κ1) is 10.4. The number of nitrogens with zero attached hydrogens (tertiary/aromatic N) is 1. The predicted octanol–water partition coefficient (Wildman–Crippen LogP) is 1.86. The zero-order valence-electron chi connectivity index (χ0n) is 9.52. The van der Waals surface area contributed by atoms with Crippen molar-refractivity contribution in [3.63, 3.8) is 0 Å². The van der Waals surface area contributed by atoms with Crippen molar-refractivity contribution >= 4 is 0 Å². The third-order valence-corrected chi connectivity index (χ3v) is 3.88. The molecule has 14 heavy (non-hydrogen) atoms. The summed E-state index contributed by atoms with van der Waals surface area (Å²) in [6.07, 6.45) is 7.30. The maximum Gasteiger partial charge on any atom is 0.0108 e. The average molecular weight is 196 g/mol. The van der Waals surface area contributed by atoms with Crippen molar-refractivity contribution in [1.82, 2.24) is 10.2 Å². The fourth-order valence-electron chi connectivity index (χ4n) is 2.97. The summed E-state index contributed by atoms with van der Waals surface area (Å²) in [5.74, 6) is 0. The highest BCUT2D eigenvalue weighted by molar-refractivity contribution is 4.83. The van der Waals surface area contributed by atoms with E-state index in [1.165, 1.54) is 64.8 Å². The van der Waals surface area contributed by atoms with Crippen molar-refractivity contribution in [3.8, 4) is 0 Å². The van der Waals surface area contributed by atoms with Crippen LogP contribution < -0.4 is 5.32 Å². The Balaban J connectivity index is 1.81. The van der Waals surface area contributed by atoms with Crippen molar-refractivity contribution in [2.45, 2.75) is 39.0 Å². The van der Waals surface area contributed by atoms with Gasteiger partial charge in [0.25, 0.3) is 0 Å². The minimum atomic E-state index is 0.635. The molecule has 82 valence electrons. The van der Waals surface area contributed by atoms with Gasteiger partial charge >= 0.3 is 0 Å². The van der Waals surface area contributed by atoms with Gasteiger partial charge < -0.3 is 10.2 Å². The summed E-state index contributed by atoms with van der Waals surface area (Å²) in [5, 5.41) is 3.42. The summed E-state index contributed by atoms with van der Waals surface area (Å²) in [5.41, 5.74) is 0.635. The van der Waals surface area contributed by atoms with E-state index in [9.17, 15) is 0 Å². The van der Waals surface area contributed by atoms with Crippen molar-refractivity contribution in [2.24, 2.45) is 5.41 Å². The SMILES string of the molecule is CC1(CN2CCNCC2)CCCCC1. The van der Waals surface area contributed by atoms with Gasteiger partial charge in [0.15, 0.2) is 0 Å². The summed E-state index contributed by atoms with van der Waals surface area (Å²) < 4.78 is 0. The zero-order valence-corrected chi connectivity index (χ0v) is 9.52. The second-order valence-electron chi connectivity index (χ2n) is 5.40. The van der Waals surface area contributed by atoms with Crippen molar-refractivity contribution in [3.05, 3.63) is 0 Å². The second-order valence-corrected chi connectivity index (χ2v) is 5.40. The van der Waals surface area contributed by atoms with E-state index in [-0.39, 0.29) is 0 Å². The molecular formula is C12H24N2. The smallest absolute Gasteiger partial charge is 0.0108 e. The molecule has 2 heteroatoms. The van der Waals surface area contributed by atoms with E-state index in [0.29, 0.717) is 5.41 Å². The molecule has 1 heterocycles. The van der Waals surface area contributed by atoms with Gasteiger partial charge in [-0.25, -0.2) is 0 Å². The molecule has 0 atom stereocenters. The van der Waals surface area contributed by atoms with E-state index in [1.54, 1.807) is 0 Å². The van der Waals surface area contributed by atoms with Crippen molar-refractivity contribution in [1.29, 1.82) is 0 Å². The normalized spacial score (nSPS) is 28.9. The lowest BCUT2D eigenvalue weighted by atomic mass is 9.75. The van der Waals surface area contributed by atoms with E-state index < -0.39 is 0 Å². The molecule has 1 aliphatic heterocycles. The number of rotatable bonds is 2. The third-order valence-electron chi connectivity index (χ3n) is 3.88. The van der Waals surface area contributed by atoms with Crippen LogP contribution in [0.5, 0.6) is 0 Å². The maximum atomic E-state index is 3.42. The summed E-state index contributed by atoms with van der Waals surface area (Å²) >= 11 is 0. The standard InChI is InChI=1S/C12H24N2/c1-12(5-3-2-4-6-12)11-14-9-7-13-8-10-14/h13H,2-11H2,1H3. The summed E-state index contributed by atoms with van der Waals surface area (Å²) in [4.78, 5) is 2.65. The third kappa shape index (κ3) is 2.71. The van der Waals surface area contributed by atoms with Gasteiger partial charge in [-0.2, -0.15) is 0 Å². The molecule has 1 N–H and O–H groups in total. The number of hydrogen-bond donors (Lipinski definition) is 1. The van der Waals surface area contributed by atoms with Crippen LogP contribution in [0.25, 0.3) is 0 Å². The fourth-order valence-corrected chi connectivity index (χ4v) is 2.97. The van der Waals surface area contributed by atoms with Gasteiger partial charge in [0.2, 0.25) is 0 Å². The van der Waals surface area contributed by atoms with Gasteiger partial charge in [0.1, 0.15) is 0 Å². The van der Waals surface area contributed by atoms with Crippen LogP contribution in [-0.2, 0) is 0 Å². The lowest BCUT2D eigenvalue weighted by Gasteiger charge is -2.39. The molecule has 1 saturated heterocycles. The molecule has 0 aromatic carbocycles. The molecule has 1 aliphatic carbocycles. The van der Waals surface area contributed by atoms with Gasteiger partial charge in [-0.1, -0.05) is 26.2 Å². The Hall–Kier alpha value is -0.0800. The van der Waals surface area contributed by atoms with Crippen LogP contribution in [0.15, 0.2) is 0 Å². The Bertz CT molecular complexity index is 167. The largest absolute Gasteiger partial charge is 0.314 e. The van der Waals surface area contributed by atoms with Crippen LogP contribution >= 0.6 is 0 Å². The van der Waals surface area contributed by atoms with Gasteiger partial charge in [-0.15, -0.1) is 0 Å². The van der Waals surface area contributed by atoms with E-state index in [4.69, 9.17) is 0 Å². The Kier molecular flexibility index (Phi) is 3.45. The molecule has 1 saturated carbocycles. The van der Waals surface area contributed by atoms with E-state index in [2.05, 4.69) is 17.1 Å². The Labute approximate surface area is 88.1 Å². The molecule has 0 aromatic rings. The monoisotopic (exact) mass is 196 g/mol.